The first kappa shape index (κ1) is 25.7. The Morgan fingerprint density at radius 3 is 2.30 bits per heavy atom. The quantitative estimate of drug-likeness (QED) is 0.214. The molecule has 4 rings (SSSR count). The number of carbonyl (C=O) groups excluding carboxylic acids is 3. The summed E-state index contributed by atoms with van der Waals surface area (Å²) in [5, 5.41) is 11.5. The van der Waals surface area contributed by atoms with Crippen LogP contribution >= 0.6 is 0 Å². The third kappa shape index (κ3) is 4.60. The van der Waals surface area contributed by atoms with E-state index < -0.39 is 23.7 Å². The molecule has 7 nitrogen and oxygen atoms in total. The van der Waals surface area contributed by atoms with E-state index in [2.05, 4.69) is 0 Å². The zero-order valence-electron chi connectivity index (χ0n) is 21.5. The molecule has 3 aromatic rings. The Morgan fingerprint density at radius 2 is 1.68 bits per heavy atom. The molecule has 1 unspecified atom stereocenters. The minimum atomic E-state index is -0.902. The summed E-state index contributed by atoms with van der Waals surface area (Å²) in [7, 11) is 2.84. The molecule has 3 aromatic carbocycles. The Kier molecular flexibility index (Phi) is 7.16. The van der Waals surface area contributed by atoms with E-state index >= 15 is 0 Å². The molecule has 7 heteroatoms. The molecule has 0 aliphatic carbocycles. The number of hydrogen-bond donors (Lipinski definition) is 1. The van der Waals surface area contributed by atoms with Crippen LogP contribution in [0.2, 0.25) is 0 Å². The number of Topliss-reactive ketones (excluding diaryl/α,β-unsaturated/α-hetero) is 1. The van der Waals surface area contributed by atoms with Gasteiger partial charge in [-0.3, -0.25) is 14.5 Å². The Balaban J connectivity index is 1.96. The fourth-order valence-corrected chi connectivity index (χ4v) is 4.66. The molecule has 1 atom stereocenters. The number of aliphatic hydroxyl groups is 1. The van der Waals surface area contributed by atoms with E-state index in [1.165, 1.54) is 18.1 Å². The number of anilines is 1. The van der Waals surface area contributed by atoms with E-state index in [-0.39, 0.29) is 16.9 Å². The molecule has 1 N–H and O–H groups in total. The molecule has 1 saturated heterocycles. The van der Waals surface area contributed by atoms with Crippen LogP contribution in [0.15, 0.2) is 66.2 Å². The number of ether oxygens (including phenoxy) is 2. The van der Waals surface area contributed by atoms with Crippen LogP contribution in [-0.4, -0.2) is 37.0 Å². The van der Waals surface area contributed by atoms with Gasteiger partial charge in [0.05, 0.1) is 31.4 Å². The topological polar surface area (TPSA) is 93.1 Å². The molecule has 1 aliphatic heterocycles. The first-order chi connectivity index (χ1) is 17.7. The number of benzene rings is 3. The second-order valence-electron chi connectivity index (χ2n) is 8.94. The number of carbonyl (C=O) groups is 3. The number of esters is 1. The van der Waals surface area contributed by atoms with Gasteiger partial charge in [0.25, 0.3) is 11.7 Å². The summed E-state index contributed by atoms with van der Waals surface area (Å²) < 4.78 is 10.2. The van der Waals surface area contributed by atoms with Crippen molar-refractivity contribution in [1.82, 2.24) is 0 Å². The molecule has 37 heavy (non-hydrogen) atoms. The van der Waals surface area contributed by atoms with E-state index in [0.29, 0.717) is 28.1 Å². The molecule has 1 fully saturated rings. The predicted octanol–water partition coefficient (Wildman–Crippen LogP) is 5.29. The Bertz CT molecular complexity index is 1420. The molecular formula is C30H29NO6. The lowest BCUT2D eigenvalue weighted by Crippen LogP contribution is -2.29. The van der Waals surface area contributed by atoms with E-state index in [4.69, 9.17) is 9.47 Å². The predicted molar refractivity (Wildman–Crippen MR) is 141 cm³/mol. The fraction of sp³-hybridized carbons (Fsp3) is 0.233. The van der Waals surface area contributed by atoms with E-state index in [1.54, 1.807) is 44.4 Å². The average molecular weight is 500 g/mol. The van der Waals surface area contributed by atoms with Crippen molar-refractivity contribution in [3.63, 3.8) is 0 Å². The molecule has 1 heterocycles. The minimum Gasteiger partial charge on any atom is -0.507 e. The first-order valence-corrected chi connectivity index (χ1v) is 12.0. The summed E-state index contributed by atoms with van der Waals surface area (Å²) in [6.07, 6.45) is 0.825. The maximum Gasteiger partial charge on any atom is 0.337 e. The van der Waals surface area contributed by atoms with Gasteiger partial charge in [-0.25, -0.2) is 4.79 Å². The lowest BCUT2D eigenvalue weighted by Gasteiger charge is -2.26. The number of aliphatic hydroxyl groups excluding tert-OH is 1. The van der Waals surface area contributed by atoms with Crippen LogP contribution in [0.25, 0.3) is 5.76 Å². The standard InChI is InChI=1S/C30H29NO6/c1-6-19-10-12-20(13-11-19)26-25(27(32)23-14-18(3)24(36-4)15-17(23)2)28(33)29(34)31(26)22-9-7-8-21(16-22)30(35)37-5/h7-16,26,32H,6H2,1-5H3/b27-25+. The molecule has 0 radical (unpaired) electrons. The van der Waals surface area contributed by atoms with Crippen molar-refractivity contribution < 1.29 is 29.0 Å². The lowest BCUT2D eigenvalue weighted by atomic mass is 9.92. The zero-order valence-corrected chi connectivity index (χ0v) is 21.5. The number of hydrogen-bond acceptors (Lipinski definition) is 6. The summed E-state index contributed by atoms with van der Waals surface area (Å²) in [6, 6.07) is 16.5. The normalized spacial score (nSPS) is 16.7. The van der Waals surface area contributed by atoms with Crippen LogP contribution in [0, 0.1) is 13.8 Å². The van der Waals surface area contributed by atoms with E-state index in [9.17, 15) is 19.5 Å². The highest BCUT2D eigenvalue weighted by molar-refractivity contribution is 6.51. The lowest BCUT2D eigenvalue weighted by molar-refractivity contribution is -0.132. The van der Waals surface area contributed by atoms with Crippen LogP contribution in [0.3, 0.4) is 0 Å². The van der Waals surface area contributed by atoms with Gasteiger partial charge in [0.2, 0.25) is 0 Å². The summed E-state index contributed by atoms with van der Waals surface area (Å²) in [5.41, 5.74) is 4.22. The third-order valence-electron chi connectivity index (χ3n) is 6.69. The van der Waals surface area contributed by atoms with Gasteiger partial charge >= 0.3 is 5.97 Å². The van der Waals surface area contributed by atoms with Gasteiger partial charge in [0.15, 0.2) is 0 Å². The monoisotopic (exact) mass is 499 g/mol. The summed E-state index contributed by atoms with van der Waals surface area (Å²) in [4.78, 5) is 40.4. The van der Waals surface area contributed by atoms with Gasteiger partial charge in [-0.15, -0.1) is 0 Å². The van der Waals surface area contributed by atoms with Gasteiger partial charge in [0.1, 0.15) is 11.5 Å². The largest absolute Gasteiger partial charge is 0.507 e. The van der Waals surface area contributed by atoms with E-state index in [1.807, 2.05) is 38.1 Å². The number of amides is 1. The highest BCUT2D eigenvalue weighted by Crippen LogP contribution is 2.43. The van der Waals surface area contributed by atoms with Crippen LogP contribution in [0.1, 0.15) is 51.1 Å². The molecule has 0 aromatic heterocycles. The molecule has 0 saturated carbocycles. The number of rotatable bonds is 6. The smallest absolute Gasteiger partial charge is 0.337 e. The summed E-state index contributed by atoms with van der Waals surface area (Å²) >= 11 is 0. The van der Waals surface area contributed by atoms with Gasteiger partial charge in [-0.1, -0.05) is 37.3 Å². The van der Waals surface area contributed by atoms with Crippen molar-refractivity contribution in [3.05, 3.63) is 99.6 Å². The molecular weight excluding hydrogens is 470 g/mol. The van der Waals surface area contributed by atoms with E-state index in [0.717, 1.165) is 17.5 Å². The molecule has 1 aliphatic rings. The Labute approximate surface area is 215 Å². The average Bonchev–Trinajstić information content (AvgIpc) is 3.18. The molecule has 1 amide bonds. The van der Waals surface area contributed by atoms with Crippen molar-refractivity contribution in [3.8, 4) is 5.75 Å². The molecule has 0 bridgehead atoms. The number of methoxy groups -OCH3 is 2. The van der Waals surface area contributed by atoms with Crippen LogP contribution in [-0.2, 0) is 20.7 Å². The fourth-order valence-electron chi connectivity index (χ4n) is 4.66. The van der Waals surface area contributed by atoms with Crippen molar-refractivity contribution in [2.24, 2.45) is 0 Å². The maximum absolute atomic E-state index is 13.5. The number of ketones is 1. The second-order valence-corrected chi connectivity index (χ2v) is 8.94. The highest BCUT2D eigenvalue weighted by Gasteiger charge is 2.47. The Hall–Kier alpha value is -4.39. The van der Waals surface area contributed by atoms with Crippen LogP contribution < -0.4 is 9.64 Å². The van der Waals surface area contributed by atoms with Crippen LogP contribution in [0.4, 0.5) is 5.69 Å². The van der Waals surface area contributed by atoms with Crippen molar-refractivity contribution in [2.45, 2.75) is 33.2 Å². The molecule has 190 valence electrons. The third-order valence-corrected chi connectivity index (χ3v) is 6.69. The van der Waals surface area contributed by atoms with Gasteiger partial charge < -0.3 is 14.6 Å². The number of aryl methyl sites for hydroxylation is 3. The Morgan fingerprint density at radius 1 is 0.973 bits per heavy atom. The van der Waals surface area contributed by atoms with Crippen molar-refractivity contribution >= 4 is 29.1 Å². The summed E-state index contributed by atoms with van der Waals surface area (Å²) in [6.45, 7) is 5.68. The van der Waals surface area contributed by atoms with Crippen molar-refractivity contribution in [1.29, 1.82) is 0 Å². The molecule has 0 spiro atoms. The zero-order chi connectivity index (χ0) is 26.9. The van der Waals surface area contributed by atoms with Gasteiger partial charge in [-0.2, -0.15) is 0 Å². The first-order valence-electron chi connectivity index (χ1n) is 12.0. The highest BCUT2D eigenvalue weighted by atomic mass is 16.5. The maximum atomic E-state index is 13.5. The SMILES string of the molecule is CCc1ccc(C2/C(=C(\O)c3cc(C)c(OC)cc3C)C(=O)C(=O)N2c2cccc(C(=O)OC)c2)cc1. The van der Waals surface area contributed by atoms with Crippen LogP contribution in [0.5, 0.6) is 5.75 Å². The minimum absolute atomic E-state index is 0.0228. The van der Waals surface area contributed by atoms with Crippen molar-refractivity contribution in [2.75, 3.05) is 19.1 Å². The van der Waals surface area contributed by atoms with Gasteiger partial charge in [-0.05, 0) is 72.9 Å². The van der Waals surface area contributed by atoms with Gasteiger partial charge in [0, 0.05) is 11.3 Å². The second kappa shape index (κ2) is 10.3. The number of nitrogens with zero attached hydrogens (tertiary/aromatic N) is 1. The summed E-state index contributed by atoms with van der Waals surface area (Å²) in [5.74, 6) is -1.78.